The predicted molar refractivity (Wildman–Crippen MR) is 158 cm³/mol. The molecule has 0 aromatic rings. The van der Waals surface area contributed by atoms with Crippen molar-refractivity contribution < 1.29 is 42.7 Å². The number of esters is 1. The molecule has 0 bridgehead atoms. The van der Waals surface area contributed by atoms with E-state index < -0.39 is 0 Å². The van der Waals surface area contributed by atoms with Crippen LogP contribution in [0.4, 0.5) is 0 Å². The Morgan fingerprint density at radius 1 is 0.425 bits per heavy atom. The van der Waals surface area contributed by atoms with Gasteiger partial charge < -0.3 is 37.9 Å². The Morgan fingerprint density at radius 2 is 0.775 bits per heavy atom. The maximum atomic E-state index is 11.7. The van der Waals surface area contributed by atoms with Crippen molar-refractivity contribution in [1.82, 2.24) is 0 Å². The summed E-state index contributed by atoms with van der Waals surface area (Å²) in [5, 5.41) is 0. The Hall–Kier alpha value is -0.520. The molecule has 40 heavy (non-hydrogen) atoms. The lowest BCUT2D eigenvalue weighted by atomic mass is 10.1. The van der Waals surface area contributed by atoms with Gasteiger partial charge in [0.05, 0.1) is 85.9 Å². The summed E-state index contributed by atoms with van der Waals surface area (Å²) in [4.78, 5) is 11.7. The highest BCUT2D eigenvalue weighted by Gasteiger charge is 2.02. The second-order valence-electron chi connectivity index (χ2n) is 9.48. The van der Waals surface area contributed by atoms with E-state index >= 15 is 0 Å². The molecule has 10 heteroatoms. The van der Waals surface area contributed by atoms with E-state index in [-0.39, 0.29) is 5.97 Å². The van der Waals surface area contributed by atoms with Gasteiger partial charge in [-0.15, -0.1) is 11.6 Å². The van der Waals surface area contributed by atoms with Gasteiger partial charge in [0.1, 0.15) is 6.61 Å². The van der Waals surface area contributed by atoms with Crippen molar-refractivity contribution in [3.05, 3.63) is 0 Å². The summed E-state index contributed by atoms with van der Waals surface area (Å²) in [5.41, 5.74) is 0. The lowest BCUT2D eigenvalue weighted by molar-refractivity contribution is -0.145. The van der Waals surface area contributed by atoms with Gasteiger partial charge in [0.2, 0.25) is 0 Å². The molecule has 0 radical (unpaired) electrons. The minimum atomic E-state index is -0.135. The lowest BCUT2D eigenvalue weighted by Crippen LogP contribution is -2.15. The molecule has 0 N–H and O–H groups in total. The summed E-state index contributed by atoms with van der Waals surface area (Å²) in [7, 11) is 0. The molecule has 9 nitrogen and oxygen atoms in total. The highest BCUT2D eigenvalue weighted by molar-refractivity contribution is 6.17. The number of halogens is 1. The summed E-state index contributed by atoms with van der Waals surface area (Å²) >= 11 is 5.65. The number of ether oxygens (including phenoxy) is 8. The minimum Gasteiger partial charge on any atom is -0.463 e. The second kappa shape index (κ2) is 36.5. The van der Waals surface area contributed by atoms with Gasteiger partial charge in [0.25, 0.3) is 0 Å². The molecule has 0 fully saturated rings. The van der Waals surface area contributed by atoms with Crippen LogP contribution in [0.2, 0.25) is 0 Å². The number of hydrogen-bond donors (Lipinski definition) is 0. The van der Waals surface area contributed by atoms with Crippen LogP contribution in [0.25, 0.3) is 0 Å². The van der Waals surface area contributed by atoms with Gasteiger partial charge in [-0.05, 0) is 19.3 Å². The number of carbonyl (C=O) groups excluding carboxylic acids is 1. The van der Waals surface area contributed by atoms with E-state index in [9.17, 15) is 4.79 Å². The molecule has 240 valence electrons. The zero-order chi connectivity index (χ0) is 29.0. The van der Waals surface area contributed by atoms with Gasteiger partial charge in [0, 0.05) is 18.9 Å². The first-order chi connectivity index (χ1) is 19.8. The lowest BCUT2D eigenvalue weighted by Gasteiger charge is -2.09. The average molecular weight is 599 g/mol. The van der Waals surface area contributed by atoms with Crippen molar-refractivity contribution in [1.29, 1.82) is 0 Å². The molecule has 0 spiro atoms. The molecule has 0 atom stereocenters. The van der Waals surface area contributed by atoms with Gasteiger partial charge in [-0.25, -0.2) is 0 Å². The van der Waals surface area contributed by atoms with Crippen LogP contribution in [-0.4, -0.2) is 111 Å². The molecule has 0 saturated heterocycles. The van der Waals surface area contributed by atoms with Crippen LogP contribution in [0.5, 0.6) is 0 Å². The zero-order valence-corrected chi connectivity index (χ0v) is 26.1. The van der Waals surface area contributed by atoms with Crippen molar-refractivity contribution in [2.24, 2.45) is 0 Å². The highest BCUT2D eigenvalue weighted by Crippen LogP contribution is 2.08. The number of carbonyl (C=O) groups is 1. The fourth-order valence-corrected chi connectivity index (χ4v) is 3.78. The first-order valence-electron chi connectivity index (χ1n) is 15.6. The number of unbranched alkanes of at least 4 members (excludes halogenated alkanes) is 9. The van der Waals surface area contributed by atoms with Crippen LogP contribution in [0, 0.1) is 0 Å². The molecule has 0 rings (SSSR count). The molecule has 0 aliphatic carbocycles. The zero-order valence-electron chi connectivity index (χ0n) is 25.4. The number of hydrogen-bond acceptors (Lipinski definition) is 9. The summed E-state index contributed by atoms with van der Waals surface area (Å²) in [6.07, 6.45) is 13.3. The maximum Gasteiger partial charge on any atom is 0.305 e. The van der Waals surface area contributed by atoms with E-state index in [0.29, 0.717) is 98.9 Å². The Bertz CT molecular complexity index is 486. The van der Waals surface area contributed by atoms with Gasteiger partial charge in [0.15, 0.2) is 0 Å². The summed E-state index contributed by atoms with van der Waals surface area (Å²) in [6.45, 7) is 10.0. The largest absolute Gasteiger partial charge is 0.463 e. The van der Waals surface area contributed by atoms with Crippen LogP contribution in [-0.2, 0) is 42.7 Å². The molecule has 0 aromatic heterocycles. The highest BCUT2D eigenvalue weighted by atomic mass is 35.5. The van der Waals surface area contributed by atoms with E-state index in [1.54, 1.807) is 0 Å². The molecular weight excluding hydrogens is 540 g/mol. The standard InChI is InChI=1S/C30H59ClO9/c1-2-3-4-5-6-7-10-13-30(32)40-29-28-39-27-26-38-25-24-37-23-22-36-21-20-35-19-18-34-17-16-33-15-12-9-8-11-14-31/h2-29H2,1H3. The van der Waals surface area contributed by atoms with E-state index in [2.05, 4.69) is 6.92 Å². The van der Waals surface area contributed by atoms with Crippen molar-refractivity contribution in [3.8, 4) is 0 Å². The van der Waals surface area contributed by atoms with E-state index in [1.165, 1.54) is 44.9 Å². The average Bonchev–Trinajstić information content (AvgIpc) is 2.96. The topological polar surface area (TPSA) is 90.9 Å². The van der Waals surface area contributed by atoms with Crippen molar-refractivity contribution in [2.45, 2.75) is 84.0 Å². The molecular formula is C30H59ClO9. The van der Waals surface area contributed by atoms with Gasteiger partial charge in [-0.2, -0.15) is 0 Å². The van der Waals surface area contributed by atoms with Gasteiger partial charge in [-0.1, -0.05) is 58.3 Å². The second-order valence-corrected chi connectivity index (χ2v) is 9.86. The predicted octanol–water partition coefficient (Wildman–Crippen LogP) is 5.59. The van der Waals surface area contributed by atoms with Crippen LogP contribution in [0.1, 0.15) is 84.0 Å². The Kier molecular flexibility index (Phi) is 36.0. The summed E-state index contributed by atoms with van der Waals surface area (Å²) in [6, 6.07) is 0. The first-order valence-corrected chi connectivity index (χ1v) is 16.1. The first kappa shape index (κ1) is 39.5. The van der Waals surface area contributed by atoms with Crippen molar-refractivity contribution >= 4 is 17.6 Å². The molecule has 0 aliphatic rings. The summed E-state index contributed by atoms with van der Waals surface area (Å²) < 4.78 is 43.5. The Morgan fingerprint density at radius 3 is 1.23 bits per heavy atom. The molecule has 0 saturated carbocycles. The van der Waals surface area contributed by atoms with Crippen LogP contribution in [0.3, 0.4) is 0 Å². The minimum absolute atomic E-state index is 0.135. The van der Waals surface area contributed by atoms with E-state index in [1.807, 2.05) is 0 Å². The smallest absolute Gasteiger partial charge is 0.305 e. The van der Waals surface area contributed by atoms with Crippen LogP contribution in [0.15, 0.2) is 0 Å². The van der Waals surface area contributed by atoms with Crippen LogP contribution < -0.4 is 0 Å². The van der Waals surface area contributed by atoms with Crippen molar-refractivity contribution in [3.63, 3.8) is 0 Å². The number of alkyl halides is 1. The third kappa shape index (κ3) is 35.5. The fraction of sp³-hybridized carbons (Fsp3) is 0.967. The van der Waals surface area contributed by atoms with Gasteiger partial charge in [-0.3, -0.25) is 4.79 Å². The third-order valence-electron chi connectivity index (χ3n) is 5.88. The molecule has 0 amide bonds. The van der Waals surface area contributed by atoms with E-state index in [0.717, 1.165) is 38.2 Å². The fourth-order valence-electron chi connectivity index (χ4n) is 3.59. The Balaban J connectivity index is 3.09. The molecule has 0 unspecified atom stereocenters. The quantitative estimate of drug-likeness (QED) is 0.0526. The van der Waals surface area contributed by atoms with Crippen LogP contribution >= 0.6 is 11.6 Å². The van der Waals surface area contributed by atoms with Crippen molar-refractivity contribution in [2.75, 3.05) is 105 Å². The normalized spacial score (nSPS) is 11.3. The Labute approximate surface area is 249 Å². The molecule has 0 heterocycles. The maximum absolute atomic E-state index is 11.7. The van der Waals surface area contributed by atoms with Gasteiger partial charge >= 0.3 is 5.97 Å². The number of rotatable bonds is 35. The summed E-state index contributed by atoms with van der Waals surface area (Å²) in [5.74, 6) is 0.610. The van der Waals surface area contributed by atoms with E-state index in [4.69, 9.17) is 49.5 Å². The monoisotopic (exact) mass is 598 g/mol. The molecule has 0 aliphatic heterocycles. The third-order valence-corrected chi connectivity index (χ3v) is 6.15. The SMILES string of the molecule is CCCCCCCCCC(=O)OCCOCCOCCOCCOCCOCCOCCOCCCCCCCl. The molecule has 0 aromatic carbocycles.